The highest BCUT2D eigenvalue weighted by Crippen LogP contribution is 2.28. The zero-order chi connectivity index (χ0) is 20.9. The minimum Gasteiger partial charge on any atom is -0.504 e. The average molecular weight is 399 g/mol. The lowest BCUT2D eigenvalue weighted by atomic mass is 10.1. The topological polar surface area (TPSA) is 87.2 Å². The van der Waals surface area contributed by atoms with Crippen molar-refractivity contribution in [2.24, 2.45) is 0 Å². The summed E-state index contributed by atoms with van der Waals surface area (Å²) in [5.41, 5.74) is 3.63. The van der Waals surface area contributed by atoms with Crippen LogP contribution < -0.4 is 10.1 Å². The lowest BCUT2D eigenvalue weighted by molar-refractivity contribution is -0.115. The maximum Gasteiger partial charge on any atom is 0.255 e. The Balaban J connectivity index is 1.70. The molecule has 0 fully saturated rings. The van der Waals surface area contributed by atoms with E-state index >= 15 is 0 Å². The maximum absolute atomic E-state index is 13.1. The van der Waals surface area contributed by atoms with Crippen LogP contribution in [-0.4, -0.2) is 28.1 Å². The highest BCUT2D eigenvalue weighted by atomic mass is 16.5. The van der Waals surface area contributed by atoms with Gasteiger partial charge in [-0.3, -0.25) is 4.79 Å². The molecular formula is C24H21N3O3. The number of amides is 1. The van der Waals surface area contributed by atoms with Crippen molar-refractivity contribution in [2.75, 3.05) is 7.11 Å². The molecule has 0 saturated heterocycles. The second-order valence-corrected chi connectivity index (χ2v) is 6.76. The normalized spacial score (nSPS) is 11.4. The Hall–Kier alpha value is -4.06. The number of aromatic hydroxyl groups is 1. The number of phenolic OH excluding ortho intramolecular Hbond substituents is 1. The fourth-order valence-corrected chi connectivity index (χ4v) is 3.16. The van der Waals surface area contributed by atoms with Crippen LogP contribution in [0.1, 0.15) is 17.0 Å². The molecule has 0 aliphatic rings. The summed E-state index contributed by atoms with van der Waals surface area (Å²) in [7, 11) is 1.49. The first-order chi connectivity index (χ1) is 14.6. The summed E-state index contributed by atoms with van der Waals surface area (Å²) in [6.07, 6.45) is 1.69. The van der Waals surface area contributed by atoms with Crippen LogP contribution in [0.15, 0.2) is 72.8 Å². The van der Waals surface area contributed by atoms with E-state index in [-0.39, 0.29) is 11.7 Å². The number of imidazole rings is 1. The number of fused-ring (bicyclic) bond motifs is 1. The Bertz CT molecular complexity index is 1180. The van der Waals surface area contributed by atoms with E-state index in [0.29, 0.717) is 29.3 Å². The SMILES string of the molecule is COc1ccc(/C=C(/C(=O)NCc2ccccc2)c2nc3ccccc3[nH]2)cc1O. The van der Waals surface area contributed by atoms with Gasteiger partial charge in [-0.1, -0.05) is 48.5 Å². The quantitative estimate of drug-likeness (QED) is 0.426. The zero-order valence-corrected chi connectivity index (χ0v) is 16.4. The molecule has 6 nitrogen and oxygen atoms in total. The molecule has 0 unspecified atom stereocenters. The van der Waals surface area contributed by atoms with Gasteiger partial charge < -0.3 is 20.1 Å². The molecular weight excluding hydrogens is 378 g/mol. The van der Waals surface area contributed by atoms with Gasteiger partial charge in [0, 0.05) is 6.54 Å². The number of nitrogens with one attached hydrogen (secondary N) is 2. The fraction of sp³-hybridized carbons (Fsp3) is 0.0833. The van der Waals surface area contributed by atoms with Gasteiger partial charge in [-0.05, 0) is 41.5 Å². The Morgan fingerprint density at radius 1 is 1.10 bits per heavy atom. The summed E-state index contributed by atoms with van der Waals surface area (Å²) in [4.78, 5) is 20.9. The van der Waals surface area contributed by atoms with Crippen LogP contribution in [0, 0.1) is 0 Å². The minimum atomic E-state index is -0.270. The Labute approximate surface area is 173 Å². The van der Waals surface area contributed by atoms with Gasteiger partial charge in [0.25, 0.3) is 5.91 Å². The molecule has 4 rings (SSSR count). The van der Waals surface area contributed by atoms with Crippen LogP contribution in [0.25, 0.3) is 22.7 Å². The van der Waals surface area contributed by atoms with E-state index in [4.69, 9.17) is 4.74 Å². The Morgan fingerprint density at radius 2 is 1.87 bits per heavy atom. The Kier molecular flexibility index (Phi) is 5.48. The fourth-order valence-electron chi connectivity index (χ4n) is 3.16. The second-order valence-electron chi connectivity index (χ2n) is 6.76. The number of rotatable bonds is 6. The van der Waals surface area contributed by atoms with Crippen LogP contribution in [0.4, 0.5) is 0 Å². The smallest absolute Gasteiger partial charge is 0.255 e. The number of aromatic amines is 1. The van der Waals surface area contributed by atoms with Crippen molar-refractivity contribution in [2.45, 2.75) is 6.54 Å². The standard InChI is InChI=1S/C24H21N3O3/c1-30-22-12-11-17(14-21(22)28)13-18(23-26-19-9-5-6-10-20(19)27-23)24(29)25-15-16-7-3-2-4-8-16/h2-14,28H,15H2,1H3,(H,25,29)(H,26,27)/b18-13+. The van der Waals surface area contributed by atoms with E-state index in [1.807, 2.05) is 54.6 Å². The summed E-state index contributed by atoms with van der Waals surface area (Å²) >= 11 is 0. The molecule has 0 bridgehead atoms. The maximum atomic E-state index is 13.1. The lowest BCUT2D eigenvalue weighted by Gasteiger charge is -2.09. The summed E-state index contributed by atoms with van der Waals surface area (Å²) in [5, 5.41) is 13.0. The van der Waals surface area contributed by atoms with E-state index in [1.54, 1.807) is 24.3 Å². The summed E-state index contributed by atoms with van der Waals surface area (Å²) < 4.78 is 5.10. The van der Waals surface area contributed by atoms with Crippen LogP contribution in [0.3, 0.4) is 0 Å². The van der Waals surface area contributed by atoms with Gasteiger partial charge in [0.1, 0.15) is 5.82 Å². The van der Waals surface area contributed by atoms with Gasteiger partial charge >= 0.3 is 0 Å². The van der Waals surface area contributed by atoms with Crippen molar-refractivity contribution >= 4 is 28.6 Å². The number of para-hydroxylation sites is 2. The van der Waals surface area contributed by atoms with Crippen molar-refractivity contribution in [3.05, 3.63) is 89.7 Å². The summed E-state index contributed by atoms with van der Waals surface area (Å²) in [5.74, 6) is 0.552. The van der Waals surface area contributed by atoms with E-state index in [2.05, 4.69) is 15.3 Å². The van der Waals surface area contributed by atoms with E-state index < -0.39 is 0 Å². The minimum absolute atomic E-state index is 0.0000928. The molecule has 1 aromatic heterocycles. The predicted molar refractivity (Wildman–Crippen MR) is 117 cm³/mol. The van der Waals surface area contributed by atoms with Gasteiger partial charge in [-0.2, -0.15) is 0 Å². The molecule has 1 amide bonds. The van der Waals surface area contributed by atoms with Gasteiger partial charge in [0.05, 0.1) is 23.7 Å². The van der Waals surface area contributed by atoms with E-state index in [1.165, 1.54) is 7.11 Å². The van der Waals surface area contributed by atoms with Gasteiger partial charge in [-0.25, -0.2) is 4.98 Å². The molecule has 0 radical (unpaired) electrons. The van der Waals surface area contributed by atoms with Crippen molar-refractivity contribution in [1.82, 2.24) is 15.3 Å². The Morgan fingerprint density at radius 3 is 2.60 bits per heavy atom. The molecule has 0 aliphatic carbocycles. The summed E-state index contributed by atoms with van der Waals surface area (Å²) in [6, 6.07) is 22.3. The van der Waals surface area contributed by atoms with Crippen LogP contribution in [0.5, 0.6) is 11.5 Å². The number of ether oxygens (including phenoxy) is 1. The number of hydrogen-bond acceptors (Lipinski definition) is 4. The van der Waals surface area contributed by atoms with Crippen LogP contribution >= 0.6 is 0 Å². The molecule has 0 atom stereocenters. The third kappa shape index (κ3) is 4.17. The third-order valence-corrected chi connectivity index (χ3v) is 4.70. The van der Waals surface area contributed by atoms with Crippen molar-refractivity contribution in [3.8, 4) is 11.5 Å². The van der Waals surface area contributed by atoms with Crippen molar-refractivity contribution < 1.29 is 14.6 Å². The molecule has 6 heteroatoms. The van der Waals surface area contributed by atoms with Gasteiger partial charge in [0.15, 0.2) is 11.5 Å². The highest BCUT2D eigenvalue weighted by molar-refractivity contribution is 6.23. The van der Waals surface area contributed by atoms with Gasteiger partial charge in [0.2, 0.25) is 0 Å². The zero-order valence-electron chi connectivity index (χ0n) is 16.4. The predicted octanol–water partition coefficient (Wildman–Crippen LogP) is 4.13. The number of H-pyrrole nitrogens is 1. The number of hydrogen-bond donors (Lipinski definition) is 3. The average Bonchev–Trinajstić information content (AvgIpc) is 3.20. The molecule has 0 saturated carbocycles. The molecule has 3 aromatic carbocycles. The molecule has 150 valence electrons. The molecule has 3 N–H and O–H groups in total. The number of nitrogens with zero attached hydrogens (tertiary/aromatic N) is 1. The molecule has 1 heterocycles. The highest BCUT2D eigenvalue weighted by Gasteiger charge is 2.17. The molecule has 30 heavy (non-hydrogen) atoms. The van der Waals surface area contributed by atoms with Crippen LogP contribution in [-0.2, 0) is 11.3 Å². The number of carbonyl (C=O) groups excluding carboxylic acids is 1. The first kappa shape index (κ1) is 19.3. The van der Waals surface area contributed by atoms with Gasteiger partial charge in [-0.15, -0.1) is 0 Å². The van der Waals surface area contributed by atoms with Crippen molar-refractivity contribution in [3.63, 3.8) is 0 Å². The van der Waals surface area contributed by atoms with Crippen molar-refractivity contribution in [1.29, 1.82) is 0 Å². The lowest BCUT2D eigenvalue weighted by Crippen LogP contribution is -2.24. The number of benzene rings is 3. The number of carbonyl (C=O) groups is 1. The number of methoxy groups -OCH3 is 1. The molecule has 0 aliphatic heterocycles. The third-order valence-electron chi connectivity index (χ3n) is 4.70. The second kappa shape index (κ2) is 8.53. The first-order valence-corrected chi connectivity index (χ1v) is 9.50. The summed E-state index contributed by atoms with van der Waals surface area (Å²) in [6.45, 7) is 0.394. The van der Waals surface area contributed by atoms with E-state index in [0.717, 1.165) is 16.6 Å². The largest absolute Gasteiger partial charge is 0.504 e. The number of phenols is 1. The molecule has 4 aromatic rings. The molecule has 0 spiro atoms. The van der Waals surface area contributed by atoms with E-state index in [9.17, 15) is 9.90 Å². The first-order valence-electron chi connectivity index (χ1n) is 9.50. The van der Waals surface area contributed by atoms with Crippen LogP contribution in [0.2, 0.25) is 0 Å². The number of aromatic nitrogens is 2. The monoisotopic (exact) mass is 399 g/mol.